The number of fused-ring (bicyclic) bond motifs is 1. The van der Waals surface area contributed by atoms with Crippen LogP contribution in [0.3, 0.4) is 0 Å². The molecule has 0 aromatic carbocycles. The van der Waals surface area contributed by atoms with Crippen molar-refractivity contribution in [3.8, 4) is 17.2 Å². The van der Waals surface area contributed by atoms with Crippen molar-refractivity contribution in [2.24, 2.45) is 5.41 Å². The molecule has 3 aromatic heterocycles. The van der Waals surface area contributed by atoms with Crippen LogP contribution in [0.1, 0.15) is 51.2 Å². The summed E-state index contributed by atoms with van der Waals surface area (Å²) >= 11 is 0. The van der Waals surface area contributed by atoms with Gasteiger partial charge < -0.3 is 20.5 Å². The predicted octanol–water partition coefficient (Wildman–Crippen LogP) is 4.10. The number of nitrogens with zero attached hydrogens (tertiary/aromatic N) is 6. The molecule has 2 N–H and O–H groups in total. The quantitative estimate of drug-likeness (QED) is 0.483. The molecule has 38 heavy (non-hydrogen) atoms. The van der Waals surface area contributed by atoms with Gasteiger partial charge in [0, 0.05) is 80.2 Å². The zero-order valence-corrected chi connectivity index (χ0v) is 22.5. The van der Waals surface area contributed by atoms with E-state index in [1.165, 1.54) is 6.21 Å². The van der Waals surface area contributed by atoms with Gasteiger partial charge in [0.2, 0.25) is 5.91 Å². The van der Waals surface area contributed by atoms with E-state index in [1.54, 1.807) is 24.0 Å². The Morgan fingerprint density at radius 3 is 2.66 bits per heavy atom. The molecule has 4 heterocycles. The summed E-state index contributed by atoms with van der Waals surface area (Å²) in [7, 11) is 1.79. The Labute approximate surface area is 223 Å². The first kappa shape index (κ1) is 25.5. The molecule has 1 aliphatic heterocycles. The molecule has 5 rings (SSSR count). The number of hydrogen-bond donors (Lipinski definition) is 2. The van der Waals surface area contributed by atoms with Crippen LogP contribution in [0.5, 0.6) is 0 Å². The summed E-state index contributed by atoms with van der Waals surface area (Å²) in [6, 6.07) is 8.26. The van der Waals surface area contributed by atoms with Crippen LogP contribution in [0.4, 0.5) is 5.82 Å². The molecule has 9 nitrogen and oxygen atoms in total. The lowest BCUT2D eigenvalue weighted by Crippen LogP contribution is -2.57. The van der Waals surface area contributed by atoms with Crippen LogP contribution in [0.15, 0.2) is 43.0 Å². The topological polar surface area (TPSA) is 113 Å². The van der Waals surface area contributed by atoms with E-state index in [9.17, 15) is 10.1 Å². The number of carbonyl (C=O) groups excluding carboxylic acids is 1. The highest BCUT2D eigenvalue weighted by atomic mass is 16.2. The second-order valence-electron chi connectivity index (χ2n) is 11.5. The van der Waals surface area contributed by atoms with Gasteiger partial charge in [-0.2, -0.15) is 10.4 Å². The lowest BCUT2D eigenvalue weighted by Gasteiger charge is -2.43. The first-order valence-corrected chi connectivity index (χ1v) is 13.0. The number of pyridine rings is 2. The number of piperazine rings is 1. The van der Waals surface area contributed by atoms with Crippen molar-refractivity contribution in [2.75, 3.05) is 31.6 Å². The van der Waals surface area contributed by atoms with Crippen LogP contribution in [0.2, 0.25) is 0 Å². The number of carbonyl (C=O) groups is 1. The van der Waals surface area contributed by atoms with Crippen LogP contribution in [-0.2, 0) is 4.79 Å². The van der Waals surface area contributed by atoms with Gasteiger partial charge >= 0.3 is 0 Å². The van der Waals surface area contributed by atoms with Gasteiger partial charge in [0.25, 0.3) is 0 Å². The van der Waals surface area contributed by atoms with E-state index in [1.807, 2.05) is 30.6 Å². The van der Waals surface area contributed by atoms with E-state index in [0.29, 0.717) is 29.6 Å². The first-order valence-electron chi connectivity index (χ1n) is 13.0. The normalized spacial score (nSPS) is 17.0. The maximum absolute atomic E-state index is 13.0. The van der Waals surface area contributed by atoms with Crippen molar-refractivity contribution < 1.29 is 4.79 Å². The largest absolute Gasteiger partial charge is 0.393 e. The van der Waals surface area contributed by atoms with Gasteiger partial charge in [-0.15, -0.1) is 0 Å². The van der Waals surface area contributed by atoms with Gasteiger partial charge in [0.1, 0.15) is 11.9 Å². The number of allylic oxidation sites excluding steroid dienone is 1. The van der Waals surface area contributed by atoms with Crippen LogP contribution in [0, 0.1) is 22.2 Å². The fourth-order valence-corrected chi connectivity index (χ4v) is 5.36. The summed E-state index contributed by atoms with van der Waals surface area (Å²) in [5, 5.41) is 24.9. The molecular formula is C29H34N8O. The molecule has 1 amide bonds. The number of nitrogens with one attached hydrogen (secondary N) is 2. The Kier molecular flexibility index (Phi) is 6.43. The molecule has 0 unspecified atom stereocenters. The number of anilines is 1. The number of nitriles is 1. The van der Waals surface area contributed by atoms with E-state index in [0.717, 1.165) is 48.4 Å². The number of aromatic nitrogens is 3. The zero-order chi connectivity index (χ0) is 27.1. The molecule has 2 aliphatic rings. The lowest BCUT2D eigenvalue weighted by molar-refractivity contribution is -0.136. The minimum atomic E-state index is -0.0659. The fraction of sp³-hybridized carbons (Fsp3) is 0.414. The van der Waals surface area contributed by atoms with E-state index < -0.39 is 0 Å². The van der Waals surface area contributed by atoms with Crippen LogP contribution >= 0.6 is 0 Å². The number of hydrogen-bond acceptors (Lipinski definition) is 7. The second-order valence-corrected chi connectivity index (χ2v) is 11.5. The molecule has 0 bridgehead atoms. The fourth-order valence-electron chi connectivity index (χ4n) is 5.36. The third kappa shape index (κ3) is 4.74. The van der Waals surface area contributed by atoms with Gasteiger partial charge in [-0.05, 0) is 36.5 Å². The van der Waals surface area contributed by atoms with Crippen molar-refractivity contribution in [2.45, 2.75) is 45.6 Å². The highest BCUT2D eigenvalue weighted by molar-refractivity contribution is 6.08. The predicted molar refractivity (Wildman–Crippen MR) is 149 cm³/mol. The minimum Gasteiger partial charge on any atom is -0.393 e. The van der Waals surface area contributed by atoms with Crippen molar-refractivity contribution in [1.29, 1.82) is 10.7 Å². The molecule has 2 fully saturated rings. The molecule has 3 aromatic rings. The van der Waals surface area contributed by atoms with Crippen LogP contribution in [0.25, 0.3) is 22.2 Å². The molecule has 9 heteroatoms. The van der Waals surface area contributed by atoms with Crippen LogP contribution in [-0.4, -0.2) is 63.8 Å². The molecule has 196 valence electrons. The van der Waals surface area contributed by atoms with Gasteiger partial charge in [-0.1, -0.05) is 20.8 Å². The van der Waals surface area contributed by atoms with E-state index in [2.05, 4.69) is 47.1 Å². The standard InChI is InChI=1S/C29H34N8O/c1-28(2,3)12-26(38)36-10-9-35(19-29(36)7-8-29)25-6-5-20(16-33-25)24-11-21(22(13-30)15-32-4)18-37-27(24)23(14-31)17-34-37/h5-6,11,13,15-18,30,32H,7-10,12,19H2,1-4H3/b22-15+,30-13?. The molecule has 0 radical (unpaired) electrons. The van der Waals surface area contributed by atoms with Crippen molar-refractivity contribution in [3.05, 3.63) is 54.1 Å². The SMILES string of the molecule is CN/C=C(\C=N)c1cc(-c2ccc(N3CCN(C(=O)CC(C)(C)C)C4(CC4)C3)nc2)c2c(C#N)cnn2c1. The summed E-state index contributed by atoms with van der Waals surface area (Å²) in [5.74, 6) is 1.15. The minimum absolute atomic E-state index is 0.0202. The second kappa shape index (κ2) is 9.60. The maximum Gasteiger partial charge on any atom is 0.223 e. The lowest BCUT2D eigenvalue weighted by atomic mass is 9.91. The van der Waals surface area contributed by atoms with E-state index >= 15 is 0 Å². The third-order valence-corrected chi connectivity index (χ3v) is 7.36. The summed E-state index contributed by atoms with van der Waals surface area (Å²) in [6.07, 6.45) is 10.9. The average molecular weight is 511 g/mol. The van der Waals surface area contributed by atoms with Gasteiger partial charge in [-0.25, -0.2) is 9.50 Å². The number of rotatable bonds is 6. The molecule has 1 aliphatic carbocycles. The Bertz CT molecular complexity index is 1450. The summed E-state index contributed by atoms with van der Waals surface area (Å²) in [6.45, 7) is 8.61. The first-order chi connectivity index (χ1) is 18.2. The summed E-state index contributed by atoms with van der Waals surface area (Å²) in [5.41, 5.74) is 4.31. The van der Waals surface area contributed by atoms with Crippen molar-refractivity contribution >= 4 is 29.0 Å². The van der Waals surface area contributed by atoms with Gasteiger partial charge in [0.05, 0.1) is 22.8 Å². The van der Waals surface area contributed by atoms with E-state index in [4.69, 9.17) is 10.4 Å². The van der Waals surface area contributed by atoms with Crippen LogP contribution < -0.4 is 10.2 Å². The Balaban J connectivity index is 1.43. The molecule has 1 spiro atoms. The molecule has 0 atom stereocenters. The smallest absolute Gasteiger partial charge is 0.223 e. The van der Waals surface area contributed by atoms with Gasteiger partial charge in [-0.3, -0.25) is 4.79 Å². The monoisotopic (exact) mass is 510 g/mol. The zero-order valence-electron chi connectivity index (χ0n) is 22.5. The number of amides is 1. The Morgan fingerprint density at radius 1 is 1.26 bits per heavy atom. The highest BCUT2D eigenvalue weighted by Gasteiger charge is 2.53. The van der Waals surface area contributed by atoms with Crippen molar-refractivity contribution in [1.82, 2.24) is 24.8 Å². The Hall–Kier alpha value is -4.19. The Morgan fingerprint density at radius 2 is 2.05 bits per heavy atom. The third-order valence-electron chi connectivity index (χ3n) is 7.36. The van der Waals surface area contributed by atoms with E-state index in [-0.39, 0.29) is 16.9 Å². The van der Waals surface area contributed by atoms with Crippen molar-refractivity contribution in [3.63, 3.8) is 0 Å². The molecule has 1 saturated heterocycles. The maximum atomic E-state index is 13.0. The highest BCUT2D eigenvalue weighted by Crippen LogP contribution is 2.46. The average Bonchev–Trinajstić information content (AvgIpc) is 3.51. The summed E-state index contributed by atoms with van der Waals surface area (Å²) < 4.78 is 1.69. The summed E-state index contributed by atoms with van der Waals surface area (Å²) in [4.78, 5) is 22.2. The molecule has 1 saturated carbocycles. The molecular weight excluding hydrogens is 476 g/mol. The van der Waals surface area contributed by atoms with Gasteiger partial charge in [0.15, 0.2) is 0 Å².